The first-order valence-corrected chi connectivity index (χ1v) is 11.5. The van der Waals surface area contributed by atoms with E-state index >= 15 is 0 Å². The lowest BCUT2D eigenvalue weighted by atomic mass is 10.1. The van der Waals surface area contributed by atoms with Crippen LogP contribution in [0, 0.1) is 24.3 Å². The quantitative estimate of drug-likeness (QED) is 0.451. The fraction of sp³-hybridized carbons (Fsp3) is 0.136. The number of rotatable bonds is 5. The summed E-state index contributed by atoms with van der Waals surface area (Å²) in [6.45, 7) is 5.50. The molecule has 0 unspecified atom stereocenters. The van der Waals surface area contributed by atoms with Gasteiger partial charge in [-0.2, -0.15) is 0 Å². The molecule has 0 saturated heterocycles. The Morgan fingerprint density at radius 3 is 2.28 bits per heavy atom. The fourth-order valence-corrected chi connectivity index (χ4v) is 4.58. The van der Waals surface area contributed by atoms with Crippen LogP contribution in [0.2, 0.25) is 0 Å². The topological polar surface area (TPSA) is 75.3 Å². The van der Waals surface area contributed by atoms with Gasteiger partial charge in [0.2, 0.25) is 0 Å². The van der Waals surface area contributed by atoms with Crippen LogP contribution in [0.15, 0.2) is 65.6 Å². The largest absolute Gasteiger partial charge is 0.322 e. The Labute approximate surface area is 184 Å². The van der Waals surface area contributed by atoms with Crippen LogP contribution >= 0.6 is 22.6 Å². The van der Waals surface area contributed by atoms with Crippen LogP contribution in [0.1, 0.15) is 27.0 Å². The Kier molecular flexibility index (Phi) is 6.28. The van der Waals surface area contributed by atoms with E-state index in [-0.39, 0.29) is 16.4 Å². The van der Waals surface area contributed by atoms with E-state index in [0.717, 1.165) is 14.7 Å². The number of hydrogen-bond donors (Lipinski definition) is 2. The molecule has 0 aromatic heterocycles. The van der Waals surface area contributed by atoms with Gasteiger partial charge >= 0.3 is 0 Å². The number of aryl methyl sites for hydroxylation is 2. The molecule has 150 valence electrons. The molecule has 0 aliphatic rings. The molecule has 0 bridgehead atoms. The second-order valence-corrected chi connectivity index (χ2v) is 9.69. The molecule has 5 nitrogen and oxygen atoms in total. The van der Waals surface area contributed by atoms with E-state index in [2.05, 4.69) is 32.6 Å². The molecule has 29 heavy (non-hydrogen) atoms. The first kappa shape index (κ1) is 21.3. The van der Waals surface area contributed by atoms with E-state index in [9.17, 15) is 13.2 Å². The number of hydrogen-bond acceptors (Lipinski definition) is 3. The lowest BCUT2D eigenvalue weighted by molar-refractivity contribution is 0.102. The summed E-state index contributed by atoms with van der Waals surface area (Å²) in [5.74, 6) is -0.366. The van der Waals surface area contributed by atoms with Gasteiger partial charge in [-0.3, -0.25) is 9.52 Å². The van der Waals surface area contributed by atoms with E-state index in [4.69, 9.17) is 0 Å². The molecule has 3 aromatic carbocycles. The van der Waals surface area contributed by atoms with Gasteiger partial charge in [0.15, 0.2) is 0 Å². The van der Waals surface area contributed by atoms with E-state index in [1.165, 1.54) is 6.07 Å². The lowest BCUT2D eigenvalue weighted by Crippen LogP contribution is -2.17. The van der Waals surface area contributed by atoms with Gasteiger partial charge in [0.25, 0.3) is 15.9 Å². The summed E-state index contributed by atoms with van der Waals surface area (Å²) in [5.41, 5.74) is 3.87. The van der Waals surface area contributed by atoms with Crippen LogP contribution in [0.4, 0.5) is 11.4 Å². The summed E-state index contributed by atoms with van der Waals surface area (Å²) in [4.78, 5) is 12.7. The van der Waals surface area contributed by atoms with Crippen LogP contribution in [0.5, 0.6) is 0 Å². The van der Waals surface area contributed by atoms with Crippen LogP contribution in [0.3, 0.4) is 0 Å². The Morgan fingerprint density at radius 2 is 1.59 bits per heavy atom. The van der Waals surface area contributed by atoms with Crippen LogP contribution in [0.25, 0.3) is 0 Å². The van der Waals surface area contributed by atoms with Crippen LogP contribution < -0.4 is 10.0 Å². The average molecular weight is 520 g/mol. The number of nitrogens with one attached hydrogen (secondary N) is 2. The van der Waals surface area contributed by atoms with Crippen LogP contribution in [-0.2, 0) is 10.0 Å². The van der Waals surface area contributed by atoms with Crippen molar-refractivity contribution in [3.63, 3.8) is 0 Å². The third kappa shape index (κ3) is 4.97. The van der Waals surface area contributed by atoms with Crippen molar-refractivity contribution < 1.29 is 13.2 Å². The van der Waals surface area contributed by atoms with E-state index < -0.39 is 10.0 Å². The smallest absolute Gasteiger partial charge is 0.262 e. The van der Waals surface area contributed by atoms with Gasteiger partial charge in [0, 0.05) is 14.8 Å². The second kappa shape index (κ2) is 8.54. The zero-order chi connectivity index (χ0) is 21.2. The molecule has 0 heterocycles. The predicted octanol–water partition coefficient (Wildman–Crippen LogP) is 5.27. The molecule has 2 N–H and O–H groups in total. The van der Waals surface area contributed by atoms with E-state index in [1.807, 2.05) is 32.0 Å². The zero-order valence-corrected chi connectivity index (χ0v) is 19.3. The summed E-state index contributed by atoms with van der Waals surface area (Å²) < 4.78 is 29.7. The number of amides is 1. The minimum atomic E-state index is -3.85. The average Bonchev–Trinajstić information content (AvgIpc) is 2.67. The van der Waals surface area contributed by atoms with Crippen molar-refractivity contribution in [1.82, 2.24) is 0 Å². The van der Waals surface area contributed by atoms with Crippen molar-refractivity contribution >= 4 is 49.9 Å². The number of anilines is 2. The Morgan fingerprint density at radius 1 is 0.897 bits per heavy atom. The number of benzene rings is 3. The molecule has 0 fully saturated rings. The highest BCUT2D eigenvalue weighted by Crippen LogP contribution is 2.25. The van der Waals surface area contributed by atoms with Crippen LogP contribution in [-0.4, -0.2) is 14.3 Å². The number of sulfonamides is 1. The van der Waals surface area contributed by atoms with Crippen molar-refractivity contribution in [2.24, 2.45) is 0 Å². The molecule has 7 heteroatoms. The molecule has 0 spiro atoms. The van der Waals surface area contributed by atoms with Gasteiger partial charge < -0.3 is 5.32 Å². The maximum Gasteiger partial charge on any atom is 0.262 e. The number of carbonyl (C=O) groups excluding carboxylic acids is 1. The van der Waals surface area contributed by atoms with Crippen molar-refractivity contribution in [3.8, 4) is 0 Å². The third-order valence-electron chi connectivity index (χ3n) is 4.69. The minimum Gasteiger partial charge on any atom is -0.322 e. The molecule has 0 saturated carbocycles. The zero-order valence-electron chi connectivity index (χ0n) is 16.3. The monoisotopic (exact) mass is 520 g/mol. The number of halogens is 1. The molecule has 0 aliphatic heterocycles. The minimum absolute atomic E-state index is 0.0775. The Balaban J connectivity index is 1.90. The van der Waals surface area contributed by atoms with Gasteiger partial charge in [0.1, 0.15) is 0 Å². The van der Waals surface area contributed by atoms with Crippen molar-refractivity contribution in [1.29, 1.82) is 0 Å². The summed E-state index contributed by atoms with van der Waals surface area (Å²) in [6, 6.07) is 17.5. The van der Waals surface area contributed by atoms with Crippen molar-refractivity contribution in [2.45, 2.75) is 25.7 Å². The van der Waals surface area contributed by atoms with Gasteiger partial charge in [-0.1, -0.05) is 18.2 Å². The predicted molar refractivity (Wildman–Crippen MR) is 125 cm³/mol. The Hall–Kier alpha value is -2.39. The van der Waals surface area contributed by atoms with E-state index in [0.29, 0.717) is 16.9 Å². The van der Waals surface area contributed by atoms with Gasteiger partial charge in [-0.05, 0) is 103 Å². The standard InChI is InChI=1S/C22H21IN2O3S/c1-14-5-4-6-20(16(14)3)25-29(27,28)21-13-17(8-7-15(21)2)22(26)24-19-11-9-18(23)10-12-19/h4-13,25H,1-3H3,(H,24,26). The highest BCUT2D eigenvalue weighted by Gasteiger charge is 2.20. The highest BCUT2D eigenvalue weighted by atomic mass is 127. The molecule has 0 aliphatic carbocycles. The fourth-order valence-electron chi connectivity index (χ4n) is 2.83. The molecular formula is C22H21IN2O3S. The molecule has 3 aromatic rings. The first-order chi connectivity index (χ1) is 13.7. The number of carbonyl (C=O) groups is 1. The second-order valence-electron chi connectivity index (χ2n) is 6.79. The molecular weight excluding hydrogens is 499 g/mol. The lowest BCUT2D eigenvalue weighted by Gasteiger charge is -2.14. The first-order valence-electron chi connectivity index (χ1n) is 8.94. The molecule has 3 rings (SSSR count). The maximum absolute atomic E-state index is 13.0. The normalized spacial score (nSPS) is 11.2. The van der Waals surface area contributed by atoms with Crippen molar-refractivity contribution in [2.75, 3.05) is 10.0 Å². The summed E-state index contributed by atoms with van der Waals surface area (Å²) in [6.07, 6.45) is 0. The Bertz CT molecular complexity index is 1170. The molecule has 0 radical (unpaired) electrons. The van der Waals surface area contributed by atoms with Gasteiger partial charge in [-0.15, -0.1) is 0 Å². The molecule has 1 amide bonds. The van der Waals surface area contributed by atoms with Gasteiger partial charge in [-0.25, -0.2) is 8.42 Å². The van der Waals surface area contributed by atoms with Gasteiger partial charge in [0.05, 0.1) is 10.6 Å². The summed E-state index contributed by atoms with van der Waals surface area (Å²) >= 11 is 2.19. The highest BCUT2D eigenvalue weighted by molar-refractivity contribution is 14.1. The third-order valence-corrected chi connectivity index (χ3v) is 6.92. The maximum atomic E-state index is 13.0. The van der Waals surface area contributed by atoms with Crippen molar-refractivity contribution in [3.05, 3.63) is 86.5 Å². The summed E-state index contributed by atoms with van der Waals surface area (Å²) in [7, 11) is -3.85. The summed E-state index contributed by atoms with van der Waals surface area (Å²) in [5, 5.41) is 2.79. The van der Waals surface area contributed by atoms with E-state index in [1.54, 1.807) is 43.3 Å². The SMILES string of the molecule is Cc1ccc(C(=O)Nc2ccc(I)cc2)cc1S(=O)(=O)Nc1cccc(C)c1C. The molecule has 0 atom stereocenters.